The van der Waals surface area contributed by atoms with Crippen LogP contribution in [0.3, 0.4) is 0 Å². The van der Waals surface area contributed by atoms with Crippen LogP contribution in [-0.2, 0) is 4.79 Å². The van der Waals surface area contributed by atoms with E-state index in [0.717, 1.165) is 6.20 Å². The van der Waals surface area contributed by atoms with Crippen LogP contribution in [0.25, 0.3) is 11.1 Å². The van der Waals surface area contributed by atoms with Crippen molar-refractivity contribution in [2.24, 2.45) is 0 Å². The van der Waals surface area contributed by atoms with Crippen LogP contribution < -0.4 is 21.1 Å². The van der Waals surface area contributed by atoms with Gasteiger partial charge in [0.25, 0.3) is 12.9 Å². The summed E-state index contributed by atoms with van der Waals surface area (Å²) in [6, 6.07) is 8.75. The number of fused-ring (bicyclic) bond motifs is 1. The number of ether oxygens (including phenoxy) is 1. The van der Waals surface area contributed by atoms with Crippen molar-refractivity contribution < 1.29 is 32.2 Å². The maximum atomic E-state index is 14.2. The number of nitrogens with one attached hydrogen (secondary N) is 3. The second kappa shape index (κ2) is 10.2. The zero-order valence-corrected chi connectivity index (χ0v) is 16.8. The summed E-state index contributed by atoms with van der Waals surface area (Å²) in [5.41, 5.74) is 1.19. The molecule has 0 unspecified atom stereocenters. The average molecular weight is 463 g/mol. The predicted octanol–water partition coefficient (Wildman–Crippen LogP) is 4.18. The Morgan fingerprint density at radius 1 is 1.18 bits per heavy atom. The summed E-state index contributed by atoms with van der Waals surface area (Å²) in [6.45, 7) is -0.250. The van der Waals surface area contributed by atoms with Gasteiger partial charge in [-0.15, -0.1) is 0 Å². The molecule has 0 saturated heterocycles. The fraction of sp³-hybridized carbons (Fsp3) is 0.100. The molecule has 4 N–H and O–H groups in total. The van der Waals surface area contributed by atoms with Crippen molar-refractivity contribution in [2.45, 2.75) is 6.43 Å². The Kier molecular flexibility index (Phi) is 7.13. The standard InChI is InChI=1S/C19H14F3N5O3.CH2O2/c1-29-14-4-2-9(6-11(14)16(21)22)25-18-23-8-12(20)17(27-18)24-10-3-5-15-13(7-10)26-19(28)30-15;2-1-3/h2-8,16H,1H3,(H,26,28)(H2,23,24,25,27);1H,(H,2,3). The summed E-state index contributed by atoms with van der Waals surface area (Å²) in [5.74, 6) is -1.46. The van der Waals surface area contributed by atoms with Crippen molar-refractivity contribution in [3.63, 3.8) is 0 Å². The SMILES string of the molecule is COc1ccc(Nc2ncc(F)c(Nc3ccc4oc(=O)[nH]c4c3)n2)cc1C(F)F.O=CO. The third-order valence-corrected chi connectivity index (χ3v) is 4.15. The molecule has 0 atom stereocenters. The summed E-state index contributed by atoms with van der Waals surface area (Å²) in [4.78, 5) is 30.0. The van der Waals surface area contributed by atoms with Gasteiger partial charge in [-0.05, 0) is 36.4 Å². The van der Waals surface area contributed by atoms with Gasteiger partial charge in [-0.1, -0.05) is 0 Å². The van der Waals surface area contributed by atoms with Crippen LogP contribution in [-0.4, -0.2) is 33.6 Å². The summed E-state index contributed by atoms with van der Waals surface area (Å²) >= 11 is 0. The highest BCUT2D eigenvalue weighted by Gasteiger charge is 2.15. The lowest BCUT2D eigenvalue weighted by Crippen LogP contribution is -2.04. The number of hydrogen-bond acceptors (Lipinski definition) is 8. The molecule has 0 amide bonds. The molecule has 0 aliphatic carbocycles. The number of aromatic nitrogens is 3. The van der Waals surface area contributed by atoms with E-state index in [1.807, 2.05) is 0 Å². The topological polar surface area (TPSA) is 142 Å². The van der Waals surface area contributed by atoms with Crippen molar-refractivity contribution in [2.75, 3.05) is 17.7 Å². The third-order valence-electron chi connectivity index (χ3n) is 4.15. The Labute approximate surface area is 183 Å². The van der Waals surface area contributed by atoms with E-state index in [2.05, 4.69) is 25.6 Å². The second-order valence-corrected chi connectivity index (χ2v) is 6.23. The average Bonchev–Trinajstić information content (AvgIpc) is 3.16. The van der Waals surface area contributed by atoms with Crippen LogP contribution in [0.5, 0.6) is 5.75 Å². The number of rotatable bonds is 6. The molecule has 33 heavy (non-hydrogen) atoms. The Bertz CT molecular complexity index is 1330. The molecular weight excluding hydrogens is 447 g/mol. The normalized spacial score (nSPS) is 10.5. The number of aromatic amines is 1. The molecule has 0 bridgehead atoms. The zero-order chi connectivity index (χ0) is 24.0. The summed E-state index contributed by atoms with van der Waals surface area (Å²) in [7, 11) is 1.30. The van der Waals surface area contributed by atoms with Crippen LogP contribution in [0, 0.1) is 5.82 Å². The molecule has 2 aromatic heterocycles. The third kappa shape index (κ3) is 5.58. The fourth-order valence-electron chi connectivity index (χ4n) is 2.79. The molecule has 0 spiro atoms. The first-order chi connectivity index (χ1) is 15.8. The van der Waals surface area contributed by atoms with Crippen molar-refractivity contribution in [1.29, 1.82) is 0 Å². The highest BCUT2D eigenvalue weighted by atomic mass is 19.3. The summed E-state index contributed by atoms with van der Waals surface area (Å²) in [6.07, 6.45) is -1.80. The van der Waals surface area contributed by atoms with Gasteiger partial charge in [-0.3, -0.25) is 9.78 Å². The van der Waals surface area contributed by atoms with E-state index < -0.39 is 18.0 Å². The number of carboxylic acid groups (broad SMARTS) is 1. The maximum Gasteiger partial charge on any atom is 0.417 e. The molecule has 13 heteroatoms. The number of benzene rings is 2. The number of H-pyrrole nitrogens is 1. The van der Waals surface area contributed by atoms with E-state index in [0.29, 0.717) is 16.8 Å². The van der Waals surface area contributed by atoms with Crippen molar-refractivity contribution in [3.05, 3.63) is 64.5 Å². The van der Waals surface area contributed by atoms with Gasteiger partial charge in [0.2, 0.25) is 5.95 Å². The van der Waals surface area contributed by atoms with E-state index in [-0.39, 0.29) is 35.2 Å². The van der Waals surface area contributed by atoms with Gasteiger partial charge >= 0.3 is 5.76 Å². The zero-order valence-electron chi connectivity index (χ0n) is 16.8. The Hall–Kier alpha value is -4.55. The van der Waals surface area contributed by atoms with E-state index in [4.69, 9.17) is 19.1 Å². The van der Waals surface area contributed by atoms with Gasteiger partial charge in [-0.25, -0.2) is 22.9 Å². The van der Waals surface area contributed by atoms with Gasteiger partial charge < -0.3 is 24.9 Å². The lowest BCUT2D eigenvalue weighted by molar-refractivity contribution is -0.122. The first-order valence-corrected chi connectivity index (χ1v) is 9.08. The van der Waals surface area contributed by atoms with Crippen LogP contribution in [0.1, 0.15) is 12.0 Å². The van der Waals surface area contributed by atoms with Gasteiger partial charge in [0.15, 0.2) is 17.2 Å². The number of halogens is 3. The Balaban J connectivity index is 0.000000968. The minimum absolute atomic E-state index is 0.0120. The molecule has 0 fully saturated rings. The lowest BCUT2D eigenvalue weighted by Gasteiger charge is -2.12. The van der Waals surface area contributed by atoms with Crippen LogP contribution in [0.15, 0.2) is 51.8 Å². The fourth-order valence-corrected chi connectivity index (χ4v) is 2.79. The number of nitrogens with zero attached hydrogens (tertiary/aromatic N) is 2. The largest absolute Gasteiger partial charge is 0.496 e. The van der Waals surface area contributed by atoms with E-state index in [1.54, 1.807) is 12.1 Å². The van der Waals surface area contributed by atoms with Crippen LogP contribution in [0.2, 0.25) is 0 Å². The van der Waals surface area contributed by atoms with Crippen LogP contribution in [0.4, 0.5) is 36.3 Å². The molecule has 0 aliphatic heterocycles. The molecule has 4 aromatic rings. The first kappa shape index (κ1) is 23.1. The molecule has 172 valence electrons. The number of oxazole rings is 1. The maximum absolute atomic E-state index is 14.2. The Morgan fingerprint density at radius 2 is 1.88 bits per heavy atom. The minimum Gasteiger partial charge on any atom is -0.496 e. The minimum atomic E-state index is -2.74. The number of alkyl halides is 2. The monoisotopic (exact) mass is 463 g/mol. The molecule has 10 nitrogen and oxygen atoms in total. The summed E-state index contributed by atoms with van der Waals surface area (Å²) < 4.78 is 50.4. The van der Waals surface area contributed by atoms with Crippen LogP contribution >= 0.6 is 0 Å². The molecule has 0 radical (unpaired) electrons. The predicted molar refractivity (Wildman–Crippen MR) is 112 cm³/mol. The second-order valence-electron chi connectivity index (χ2n) is 6.23. The van der Waals surface area contributed by atoms with Crippen molar-refractivity contribution >= 4 is 40.7 Å². The van der Waals surface area contributed by atoms with Gasteiger partial charge in [0.1, 0.15) is 5.75 Å². The first-order valence-electron chi connectivity index (χ1n) is 9.08. The molecule has 4 rings (SSSR count). The molecule has 2 aromatic carbocycles. The molecular formula is C20H16F3N5O5. The van der Waals surface area contributed by atoms with E-state index in [1.165, 1.54) is 31.4 Å². The van der Waals surface area contributed by atoms with Gasteiger partial charge in [0.05, 0.1) is 24.4 Å². The van der Waals surface area contributed by atoms with E-state index in [9.17, 15) is 18.0 Å². The van der Waals surface area contributed by atoms with Crippen molar-refractivity contribution in [3.8, 4) is 5.75 Å². The quantitative estimate of drug-likeness (QED) is 0.310. The highest BCUT2D eigenvalue weighted by Crippen LogP contribution is 2.32. The number of methoxy groups -OCH3 is 1. The number of carbonyl (C=O) groups is 1. The Morgan fingerprint density at radius 3 is 2.58 bits per heavy atom. The van der Waals surface area contributed by atoms with E-state index >= 15 is 0 Å². The molecule has 0 saturated carbocycles. The number of anilines is 4. The number of hydrogen-bond donors (Lipinski definition) is 4. The molecule has 0 aliphatic rings. The van der Waals surface area contributed by atoms with Gasteiger partial charge in [0, 0.05) is 11.4 Å². The van der Waals surface area contributed by atoms with Crippen molar-refractivity contribution in [1.82, 2.24) is 15.0 Å². The smallest absolute Gasteiger partial charge is 0.417 e. The summed E-state index contributed by atoms with van der Waals surface area (Å²) in [5, 5.41) is 12.4. The highest BCUT2D eigenvalue weighted by molar-refractivity contribution is 5.78. The lowest BCUT2D eigenvalue weighted by atomic mass is 10.2. The molecule has 2 heterocycles. The van der Waals surface area contributed by atoms with Gasteiger partial charge in [-0.2, -0.15) is 4.98 Å².